The molecule has 2 heterocycles. The number of nitrogens with zero attached hydrogens (tertiary/aromatic N) is 4. The summed E-state index contributed by atoms with van der Waals surface area (Å²) in [5.41, 5.74) is 2.70. The Morgan fingerprint density at radius 2 is 1.64 bits per heavy atom. The molecule has 0 bridgehead atoms. The highest BCUT2D eigenvalue weighted by atomic mass is 16.1. The molecule has 0 aliphatic carbocycles. The first-order valence-electron chi connectivity index (χ1n) is 9.12. The number of aromatic nitrogens is 4. The molecule has 4 rings (SSSR count). The average Bonchev–Trinajstić information content (AvgIpc) is 3.17. The highest BCUT2D eigenvalue weighted by molar-refractivity contribution is 5.76. The van der Waals surface area contributed by atoms with Crippen molar-refractivity contribution in [1.82, 2.24) is 25.1 Å². The molecule has 2 aromatic carbocycles. The molecule has 0 atom stereocenters. The van der Waals surface area contributed by atoms with E-state index >= 15 is 0 Å². The van der Waals surface area contributed by atoms with Crippen LogP contribution in [0.1, 0.15) is 12.0 Å². The lowest BCUT2D eigenvalue weighted by molar-refractivity contribution is -0.121. The Morgan fingerprint density at radius 3 is 2.43 bits per heavy atom. The Balaban J connectivity index is 1.35. The summed E-state index contributed by atoms with van der Waals surface area (Å²) in [6.07, 6.45) is 0.361. The number of carbonyl (C=O) groups excluding carboxylic acids is 1. The molecule has 0 radical (unpaired) electrons. The molecular formula is C21H20N6O. The largest absolute Gasteiger partial charge is 0.368 e. The van der Waals surface area contributed by atoms with Gasteiger partial charge in [0.25, 0.3) is 0 Å². The number of nitrogens with one attached hydrogen (secondary N) is 2. The van der Waals surface area contributed by atoms with E-state index in [9.17, 15) is 4.79 Å². The van der Waals surface area contributed by atoms with Crippen LogP contribution in [0.25, 0.3) is 17.0 Å². The smallest absolute Gasteiger partial charge is 0.222 e. The first-order valence-corrected chi connectivity index (χ1v) is 9.12. The summed E-state index contributed by atoms with van der Waals surface area (Å²) >= 11 is 0. The molecule has 7 nitrogen and oxygen atoms in total. The maximum atomic E-state index is 12.0. The summed E-state index contributed by atoms with van der Waals surface area (Å²) < 4.78 is 1.70. The van der Waals surface area contributed by atoms with Crippen molar-refractivity contribution >= 4 is 17.4 Å². The van der Waals surface area contributed by atoms with Crippen LogP contribution in [0.2, 0.25) is 0 Å². The van der Waals surface area contributed by atoms with Crippen molar-refractivity contribution < 1.29 is 4.79 Å². The molecular weight excluding hydrogens is 352 g/mol. The number of benzene rings is 2. The van der Waals surface area contributed by atoms with Crippen molar-refractivity contribution in [3.05, 3.63) is 78.4 Å². The zero-order chi connectivity index (χ0) is 19.2. The zero-order valence-corrected chi connectivity index (χ0v) is 15.2. The van der Waals surface area contributed by atoms with E-state index in [1.54, 1.807) is 4.52 Å². The minimum absolute atomic E-state index is 0.00768. The predicted molar refractivity (Wildman–Crippen MR) is 108 cm³/mol. The third kappa shape index (κ3) is 4.15. The molecule has 1 amide bonds. The first kappa shape index (κ1) is 17.7. The minimum Gasteiger partial charge on any atom is -0.368 e. The number of fused-ring (bicyclic) bond motifs is 1. The van der Waals surface area contributed by atoms with Gasteiger partial charge in [0.05, 0.1) is 0 Å². The monoisotopic (exact) mass is 372 g/mol. The minimum atomic E-state index is -0.00768. The summed E-state index contributed by atoms with van der Waals surface area (Å²) in [7, 11) is 0. The van der Waals surface area contributed by atoms with Gasteiger partial charge in [-0.1, -0.05) is 60.7 Å². The maximum absolute atomic E-state index is 12.0. The van der Waals surface area contributed by atoms with Crippen LogP contribution in [0.15, 0.2) is 72.8 Å². The van der Waals surface area contributed by atoms with Gasteiger partial charge in [-0.05, 0) is 17.7 Å². The second-order valence-corrected chi connectivity index (χ2v) is 6.32. The second kappa shape index (κ2) is 8.30. The third-order valence-electron chi connectivity index (χ3n) is 4.29. The van der Waals surface area contributed by atoms with E-state index in [-0.39, 0.29) is 5.91 Å². The van der Waals surface area contributed by atoms with Crippen LogP contribution >= 0.6 is 0 Å². The number of anilines is 1. The lowest BCUT2D eigenvalue weighted by atomic mass is 10.2. The van der Waals surface area contributed by atoms with Gasteiger partial charge in [-0.3, -0.25) is 4.79 Å². The van der Waals surface area contributed by atoms with Gasteiger partial charge in [0.15, 0.2) is 11.5 Å². The molecule has 2 N–H and O–H groups in total. The Labute approximate surface area is 162 Å². The Morgan fingerprint density at radius 1 is 0.893 bits per heavy atom. The van der Waals surface area contributed by atoms with Crippen LogP contribution in [0.5, 0.6) is 0 Å². The Bertz CT molecular complexity index is 1060. The Kier molecular flexibility index (Phi) is 5.24. The fourth-order valence-electron chi connectivity index (χ4n) is 2.84. The lowest BCUT2D eigenvalue weighted by Gasteiger charge is -2.08. The van der Waals surface area contributed by atoms with Crippen molar-refractivity contribution in [3.63, 3.8) is 0 Å². The molecule has 28 heavy (non-hydrogen) atoms. The topological polar surface area (TPSA) is 84.2 Å². The number of hydrogen-bond acceptors (Lipinski definition) is 5. The number of hydrogen-bond donors (Lipinski definition) is 2. The fourth-order valence-corrected chi connectivity index (χ4v) is 2.84. The van der Waals surface area contributed by atoms with Crippen molar-refractivity contribution in [2.75, 3.05) is 11.9 Å². The van der Waals surface area contributed by atoms with Gasteiger partial charge in [-0.2, -0.15) is 4.52 Å². The fraction of sp³-hybridized carbons (Fsp3) is 0.143. The summed E-state index contributed by atoms with van der Waals surface area (Å²) in [4.78, 5) is 12.0. The van der Waals surface area contributed by atoms with Crippen molar-refractivity contribution in [1.29, 1.82) is 0 Å². The van der Waals surface area contributed by atoms with Gasteiger partial charge in [0.1, 0.15) is 5.82 Å². The quantitative estimate of drug-likeness (QED) is 0.521. The van der Waals surface area contributed by atoms with Gasteiger partial charge in [-0.15, -0.1) is 15.3 Å². The van der Waals surface area contributed by atoms with Crippen molar-refractivity contribution in [3.8, 4) is 11.4 Å². The summed E-state index contributed by atoms with van der Waals surface area (Å²) in [6, 6.07) is 23.3. The first-order chi connectivity index (χ1) is 13.8. The summed E-state index contributed by atoms with van der Waals surface area (Å²) in [5.74, 6) is 1.34. The van der Waals surface area contributed by atoms with Crippen LogP contribution in [0.4, 0.5) is 5.82 Å². The van der Waals surface area contributed by atoms with Crippen LogP contribution in [0, 0.1) is 0 Å². The molecule has 0 unspecified atom stereocenters. The van der Waals surface area contributed by atoms with E-state index in [1.165, 1.54) is 0 Å². The van der Waals surface area contributed by atoms with E-state index in [2.05, 4.69) is 25.9 Å². The van der Waals surface area contributed by atoms with E-state index in [0.717, 1.165) is 11.1 Å². The maximum Gasteiger partial charge on any atom is 0.222 e. The SMILES string of the molecule is O=C(CCNc1ccc2nnc(-c3ccccc3)n2n1)NCc1ccccc1. The standard InChI is InChI=1S/C21H20N6O/c28-20(23-15-16-7-3-1-4-8-16)13-14-22-18-11-12-19-24-25-21(27(19)26-18)17-9-5-2-6-10-17/h1-12H,13-15H2,(H,22,26)(H,23,28). The van der Waals surface area contributed by atoms with Gasteiger partial charge in [0, 0.05) is 25.1 Å². The number of amides is 1. The second-order valence-electron chi connectivity index (χ2n) is 6.32. The van der Waals surface area contributed by atoms with Crippen LogP contribution in [-0.2, 0) is 11.3 Å². The van der Waals surface area contributed by atoms with E-state index in [4.69, 9.17) is 0 Å². The van der Waals surface area contributed by atoms with Crippen LogP contribution in [-0.4, -0.2) is 32.3 Å². The van der Waals surface area contributed by atoms with Crippen molar-refractivity contribution in [2.45, 2.75) is 13.0 Å². The lowest BCUT2D eigenvalue weighted by Crippen LogP contribution is -2.25. The average molecular weight is 372 g/mol. The van der Waals surface area contributed by atoms with Crippen LogP contribution in [0.3, 0.4) is 0 Å². The third-order valence-corrected chi connectivity index (χ3v) is 4.29. The number of carbonyl (C=O) groups is 1. The molecule has 140 valence electrons. The highest BCUT2D eigenvalue weighted by Gasteiger charge is 2.09. The van der Waals surface area contributed by atoms with E-state index in [1.807, 2.05) is 72.8 Å². The van der Waals surface area contributed by atoms with Gasteiger partial charge < -0.3 is 10.6 Å². The molecule has 0 fully saturated rings. The number of rotatable bonds is 7. The van der Waals surface area contributed by atoms with Gasteiger partial charge in [-0.25, -0.2) is 0 Å². The molecule has 2 aromatic heterocycles. The molecule has 4 aromatic rings. The predicted octanol–water partition coefficient (Wildman–Crippen LogP) is 2.91. The highest BCUT2D eigenvalue weighted by Crippen LogP contribution is 2.17. The van der Waals surface area contributed by atoms with Crippen LogP contribution < -0.4 is 10.6 Å². The van der Waals surface area contributed by atoms with E-state index < -0.39 is 0 Å². The Hall–Kier alpha value is -3.74. The molecule has 7 heteroatoms. The van der Waals surface area contributed by atoms with Crippen molar-refractivity contribution in [2.24, 2.45) is 0 Å². The molecule has 0 aliphatic rings. The zero-order valence-electron chi connectivity index (χ0n) is 15.2. The molecule has 0 spiro atoms. The normalized spacial score (nSPS) is 10.7. The summed E-state index contributed by atoms with van der Waals surface area (Å²) in [6.45, 7) is 1.02. The van der Waals surface area contributed by atoms with Gasteiger partial charge in [0.2, 0.25) is 5.91 Å². The summed E-state index contributed by atoms with van der Waals surface area (Å²) in [5, 5.41) is 19.0. The molecule has 0 aliphatic heterocycles. The van der Waals surface area contributed by atoms with Gasteiger partial charge >= 0.3 is 0 Å². The molecule has 0 saturated heterocycles. The van der Waals surface area contributed by atoms with E-state index in [0.29, 0.717) is 36.8 Å². The molecule has 0 saturated carbocycles.